The largest absolute Gasteiger partial charge is 0.452 e. The number of esters is 1. The van der Waals surface area contributed by atoms with Crippen LogP contribution in [0, 0.1) is 0 Å². The molecule has 1 rings (SSSR count). The van der Waals surface area contributed by atoms with E-state index in [0.29, 0.717) is 0 Å². The predicted molar refractivity (Wildman–Crippen MR) is 48.4 cm³/mol. The van der Waals surface area contributed by atoms with Gasteiger partial charge in [-0.15, -0.1) is 0 Å². The van der Waals surface area contributed by atoms with E-state index in [4.69, 9.17) is 4.74 Å². The van der Waals surface area contributed by atoms with Gasteiger partial charge in [0.1, 0.15) is 6.23 Å². The summed E-state index contributed by atoms with van der Waals surface area (Å²) in [7, 11) is 1.40. The van der Waals surface area contributed by atoms with Crippen molar-refractivity contribution in [2.45, 2.75) is 12.6 Å². The van der Waals surface area contributed by atoms with E-state index in [9.17, 15) is 14.4 Å². The van der Waals surface area contributed by atoms with Crippen LogP contribution < -0.4 is 0 Å². The summed E-state index contributed by atoms with van der Waals surface area (Å²) in [6.07, 6.45) is 0.587. The van der Waals surface area contributed by atoms with Crippen LogP contribution in [-0.2, 0) is 23.9 Å². The smallest absolute Gasteiger partial charge is 0.330 e. The van der Waals surface area contributed by atoms with E-state index in [1.165, 1.54) is 7.11 Å². The van der Waals surface area contributed by atoms with E-state index in [0.717, 1.165) is 11.0 Å². The molecule has 0 aliphatic carbocycles. The highest BCUT2D eigenvalue weighted by Gasteiger charge is 2.41. The van der Waals surface area contributed by atoms with Crippen LogP contribution in [0.5, 0.6) is 0 Å². The molecule has 0 radical (unpaired) electrons. The van der Waals surface area contributed by atoms with E-state index < -0.39 is 24.7 Å². The zero-order valence-corrected chi connectivity index (χ0v) is 8.26. The number of β-lactam (4-membered cyclic amide) rings is 1. The Morgan fingerprint density at radius 1 is 1.67 bits per heavy atom. The van der Waals surface area contributed by atoms with E-state index in [1.54, 1.807) is 0 Å². The van der Waals surface area contributed by atoms with Gasteiger partial charge in [0.15, 0.2) is 6.61 Å². The molecule has 2 amide bonds. The molecule has 0 aromatic carbocycles. The van der Waals surface area contributed by atoms with Crippen LogP contribution in [0.2, 0.25) is 0 Å². The summed E-state index contributed by atoms with van der Waals surface area (Å²) in [6.45, 7) is 2.70. The third-order valence-electron chi connectivity index (χ3n) is 1.95. The summed E-state index contributed by atoms with van der Waals surface area (Å²) in [4.78, 5) is 33.9. The van der Waals surface area contributed by atoms with E-state index in [1.807, 2.05) is 0 Å². The van der Waals surface area contributed by atoms with Gasteiger partial charge in [-0.25, -0.2) is 4.79 Å². The van der Waals surface area contributed by atoms with Crippen LogP contribution in [0.25, 0.3) is 0 Å². The molecule has 0 bridgehead atoms. The number of rotatable bonds is 4. The lowest BCUT2D eigenvalue weighted by molar-refractivity contribution is -0.181. The second-order valence-corrected chi connectivity index (χ2v) is 2.86. The Kier molecular flexibility index (Phi) is 3.56. The van der Waals surface area contributed by atoms with Crippen LogP contribution in [0.1, 0.15) is 6.42 Å². The van der Waals surface area contributed by atoms with Crippen LogP contribution in [-0.4, -0.2) is 42.6 Å². The zero-order valence-electron chi connectivity index (χ0n) is 8.26. The third-order valence-corrected chi connectivity index (χ3v) is 1.95. The molecule has 0 saturated carbocycles. The normalized spacial score (nSPS) is 19.4. The molecule has 6 nitrogen and oxygen atoms in total. The number of carbonyl (C=O) groups excluding carboxylic acids is 3. The number of imide groups is 1. The highest BCUT2D eigenvalue weighted by Crippen LogP contribution is 2.19. The molecular weight excluding hydrogens is 202 g/mol. The number of hydrogen-bond acceptors (Lipinski definition) is 5. The Hall–Kier alpha value is -1.69. The maximum atomic E-state index is 11.3. The molecule has 1 unspecified atom stereocenters. The summed E-state index contributed by atoms with van der Waals surface area (Å²) in [5, 5.41) is 0. The van der Waals surface area contributed by atoms with Gasteiger partial charge in [-0.1, -0.05) is 6.58 Å². The average Bonchev–Trinajstić information content (AvgIpc) is 2.21. The maximum Gasteiger partial charge on any atom is 0.330 e. The fourth-order valence-corrected chi connectivity index (χ4v) is 1.14. The second kappa shape index (κ2) is 4.70. The first-order valence-electron chi connectivity index (χ1n) is 4.27. The second-order valence-electron chi connectivity index (χ2n) is 2.86. The first kappa shape index (κ1) is 11.4. The van der Waals surface area contributed by atoms with Gasteiger partial charge in [0.05, 0.1) is 6.42 Å². The van der Waals surface area contributed by atoms with Crippen LogP contribution in [0.3, 0.4) is 0 Å². The fraction of sp³-hybridized carbons (Fsp3) is 0.444. The van der Waals surface area contributed by atoms with Crippen LogP contribution >= 0.6 is 0 Å². The van der Waals surface area contributed by atoms with Crippen LogP contribution in [0.15, 0.2) is 12.7 Å². The average molecular weight is 213 g/mol. The molecule has 6 heteroatoms. The molecule has 0 aromatic rings. The summed E-state index contributed by atoms with van der Waals surface area (Å²) in [6, 6.07) is 0. The van der Waals surface area contributed by atoms with Crippen LogP contribution in [0.4, 0.5) is 0 Å². The minimum atomic E-state index is -0.703. The zero-order chi connectivity index (χ0) is 11.4. The van der Waals surface area contributed by atoms with Crippen molar-refractivity contribution < 1.29 is 23.9 Å². The van der Waals surface area contributed by atoms with Gasteiger partial charge in [-0.05, 0) is 0 Å². The molecule has 1 saturated heterocycles. The lowest BCUT2D eigenvalue weighted by Crippen LogP contribution is -2.57. The standard InChI is InChI=1S/C9H11NO5/c1-3-9(13)15-5-7(12)10-6(11)4-8(10)14-2/h3,8H,1,4-5H2,2H3. The van der Waals surface area contributed by atoms with Gasteiger partial charge in [0.25, 0.3) is 5.91 Å². The first-order chi connectivity index (χ1) is 7.10. The van der Waals surface area contributed by atoms with Gasteiger partial charge in [0, 0.05) is 13.2 Å². The van der Waals surface area contributed by atoms with E-state index in [2.05, 4.69) is 11.3 Å². The highest BCUT2D eigenvalue weighted by atomic mass is 16.5. The Balaban J connectivity index is 2.43. The number of hydrogen-bond donors (Lipinski definition) is 0. The lowest BCUT2D eigenvalue weighted by Gasteiger charge is -2.36. The summed E-state index contributed by atoms with van der Waals surface area (Å²) in [5.41, 5.74) is 0. The monoisotopic (exact) mass is 213 g/mol. The maximum absolute atomic E-state index is 11.3. The van der Waals surface area contributed by atoms with E-state index in [-0.39, 0.29) is 12.3 Å². The predicted octanol–water partition coefficient (Wildman–Crippen LogP) is -0.553. The molecule has 1 aliphatic rings. The molecule has 0 aromatic heterocycles. The van der Waals surface area contributed by atoms with Crippen molar-refractivity contribution in [3.63, 3.8) is 0 Å². The van der Waals surface area contributed by atoms with Gasteiger partial charge >= 0.3 is 5.97 Å². The number of amides is 2. The molecule has 1 aliphatic heterocycles. The fourth-order valence-electron chi connectivity index (χ4n) is 1.14. The molecule has 0 spiro atoms. The minimum Gasteiger partial charge on any atom is -0.452 e. The number of likely N-dealkylation sites (tertiary alicyclic amines) is 1. The third kappa shape index (κ3) is 2.41. The molecule has 1 atom stereocenters. The minimum absolute atomic E-state index is 0.178. The molecule has 15 heavy (non-hydrogen) atoms. The molecule has 0 N–H and O–H groups in total. The van der Waals surface area contributed by atoms with Crippen molar-refractivity contribution >= 4 is 17.8 Å². The topological polar surface area (TPSA) is 72.9 Å². The molecule has 1 heterocycles. The van der Waals surface area contributed by atoms with Crippen molar-refractivity contribution in [1.29, 1.82) is 0 Å². The van der Waals surface area contributed by atoms with Crippen molar-refractivity contribution in [2.24, 2.45) is 0 Å². The van der Waals surface area contributed by atoms with Gasteiger partial charge in [-0.3, -0.25) is 14.5 Å². The van der Waals surface area contributed by atoms with Gasteiger partial charge < -0.3 is 9.47 Å². The SMILES string of the molecule is C=CC(=O)OCC(=O)N1C(=O)CC1OC. The number of ether oxygens (including phenoxy) is 2. The summed E-state index contributed by atoms with van der Waals surface area (Å²) >= 11 is 0. The lowest BCUT2D eigenvalue weighted by atomic mass is 10.1. The van der Waals surface area contributed by atoms with Gasteiger partial charge in [-0.2, -0.15) is 0 Å². The highest BCUT2D eigenvalue weighted by molar-refractivity contribution is 6.01. The Morgan fingerprint density at radius 2 is 2.33 bits per heavy atom. The Morgan fingerprint density at radius 3 is 2.80 bits per heavy atom. The van der Waals surface area contributed by atoms with Crippen molar-refractivity contribution in [3.8, 4) is 0 Å². The number of nitrogens with zero attached hydrogens (tertiary/aromatic N) is 1. The quantitative estimate of drug-likeness (QED) is 0.356. The Labute approximate surface area is 86.4 Å². The van der Waals surface area contributed by atoms with Crippen molar-refractivity contribution in [3.05, 3.63) is 12.7 Å². The molecule has 1 fully saturated rings. The van der Waals surface area contributed by atoms with E-state index >= 15 is 0 Å². The summed E-state index contributed by atoms with van der Waals surface area (Å²) in [5.74, 6) is -1.62. The molecule has 82 valence electrons. The Bertz CT molecular complexity index is 312. The number of carbonyl (C=O) groups is 3. The van der Waals surface area contributed by atoms with Crippen molar-refractivity contribution in [1.82, 2.24) is 4.90 Å². The first-order valence-corrected chi connectivity index (χ1v) is 4.27. The number of methoxy groups -OCH3 is 1. The summed E-state index contributed by atoms with van der Waals surface area (Å²) < 4.78 is 9.34. The van der Waals surface area contributed by atoms with Crippen molar-refractivity contribution in [2.75, 3.05) is 13.7 Å². The molecular formula is C9H11NO5. The van der Waals surface area contributed by atoms with Gasteiger partial charge in [0.2, 0.25) is 5.91 Å².